The summed E-state index contributed by atoms with van der Waals surface area (Å²) in [6.45, 7) is 8.05. The number of hydrogen-bond donors (Lipinski definition) is 1. The summed E-state index contributed by atoms with van der Waals surface area (Å²) in [4.78, 5) is 11.0. The van der Waals surface area contributed by atoms with Crippen molar-refractivity contribution in [2.45, 2.75) is 53.0 Å². The lowest BCUT2D eigenvalue weighted by Crippen LogP contribution is -2.24. The van der Waals surface area contributed by atoms with Gasteiger partial charge in [-0.25, -0.2) is 0 Å². The zero-order valence-electron chi connectivity index (χ0n) is 11.8. The van der Waals surface area contributed by atoms with Crippen molar-refractivity contribution < 1.29 is 9.53 Å². The van der Waals surface area contributed by atoms with E-state index in [-0.39, 0.29) is 18.4 Å². The number of esters is 1. The zero-order valence-corrected chi connectivity index (χ0v) is 11.8. The highest BCUT2D eigenvalue weighted by Gasteiger charge is 2.10. The number of allylic oxidation sites excluding steroid dienone is 3. The molecule has 0 amide bonds. The Morgan fingerprint density at radius 3 is 2.35 bits per heavy atom. The number of methoxy groups -OCH3 is 1. The van der Waals surface area contributed by atoms with Gasteiger partial charge in [-0.1, -0.05) is 44.6 Å². The van der Waals surface area contributed by atoms with Gasteiger partial charge in [-0.3, -0.25) is 4.79 Å². The van der Waals surface area contributed by atoms with Crippen LogP contribution in [0.15, 0.2) is 23.8 Å². The largest absolute Gasteiger partial charge is 0.469 e. The molecule has 0 saturated heterocycles. The van der Waals surface area contributed by atoms with Gasteiger partial charge in [0.25, 0.3) is 0 Å². The van der Waals surface area contributed by atoms with E-state index in [2.05, 4.69) is 17.7 Å². The second-order valence-corrected chi connectivity index (χ2v) is 3.43. The van der Waals surface area contributed by atoms with Gasteiger partial charge in [-0.15, -0.1) is 0 Å². The summed E-state index contributed by atoms with van der Waals surface area (Å²) >= 11 is 0. The summed E-state index contributed by atoms with van der Waals surface area (Å²) < 4.78 is 4.57. The molecule has 0 radical (unpaired) electrons. The highest BCUT2D eigenvalue weighted by atomic mass is 16.5. The molecule has 1 atom stereocenters. The van der Waals surface area contributed by atoms with Crippen molar-refractivity contribution in [1.82, 2.24) is 0 Å². The smallest absolute Gasteiger partial charge is 0.307 e. The summed E-state index contributed by atoms with van der Waals surface area (Å²) in [5, 5.41) is 0. The average molecular weight is 241 g/mol. The third-order valence-corrected chi connectivity index (χ3v) is 2.00. The summed E-state index contributed by atoms with van der Waals surface area (Å²) in [5.41, 5.74) is 7.01. The molecule has 0 aromatic carbocycles. The maximum absolute atomic E-state index is 11.0. The van der Waals surface area contributed by atoms with Crippen molar-refractivity contribution in [1.29, 1.82) is 0 Å². The van der Waals surface area contributed by atoms with Crippen LogP contribution in [0.5, 0.6) is 0 Å². The van der Waals surface area contributed by atoms with Crippen molar-refractivity contribution in [3.8, 4) is 0 Å². The average Bonchev–Trinajstić information content (AvgIpc) is 2.32. The Labute approximate surface area is 106 Å². The highest BCUT2D eigenvalue weighted by molar-refractivity contribution is 5.69. The van der Waals surface area contributed by atoms with Crippen LogP contribution in [0, 0.1) is 0 Å². The molecular formula is C14H27NO2. The van der Waals surface area contributed by atoms with Crippen molar-refractivity contribution in [3.05, 3.63) is 23.8 Å². The van der Waals surface area contributed by atoms with Crippen molar-refractivity contribution in [2.24, 2.45) is 5.73 Å². The molecule has 17 heavy (non-hydrogen) atoms. The van der Waals surface area contributed by atoms with Gasteiger partial charge in [0.1, 0.15) is 0 Å². The van der Waals surface area contributed by atoms with Crippen molar-refractivity contribution in [2.75, 3.05) is 7.11 Å². The summed E-state index contributed by atoms with van der Waals surface area (Å²) in [6, 6.07) is -0.161. The van der Waals surface area contributed by atoms with Crippen LogP contribution in [0.1, 0.15) is 47.0 Å². The van der Waals surface area contributed by atoms with Gasteiger partial charge < -0.3 is 10.5 Å². The fourth-order valence-corrected chi connectivity index (χ4v) is 1.37. The number of carbonyl (C=O) groups excluding carboxylic acids is 1. The second-order valence-electron chi connectivity index (χ2n) is 3.43. The molecule has 0 rings (SSSR count). The molecule has 3 nitrogen and oxygen atoms in total. The fourth-order valence-electron chi connectivity index (χ4n) is 1.37. The van der Waals surface area contributed by atoms with Crippen LogP contribution in [-0.4, -0.2) is 19.1 Å². The first-order chi connectivity index (χ1) is 8.13. The third-order valence-electron chi connectivity index (χ3n) is 2.00. The molecule has 0 aliphatic carbocycles. The number of rotatable bonds is 6. The van der Waals surface area contributed by atoms with Crippen LogP contribution in [0.2, 0.25) is 0 Å². The van der Waals surface area contributed by atoms with Gasteiger partial charge in [-0.05, 0) is 19.8 Å². The van der Waals surface area contributed by atoms with Gasteiger partial charge in [0, 0.05) is 6.04 Å². The molecule has 0 fully saturated rings. The minimum atomic E-state index is -0.251. The topological polar surface area (TPSA) is 52.3 Å². The molecule has 0 bridgehead atoms. The Morgan fingerprint density at radius 1 is 1.35 bits per heavy atom. The maximum Gasteiger partial charge on any atom is 0.307 e. The molecular weight excluding hydrogens is 214 g/mol. The Hall–Kier alpha value is -1.09. The van der Waals surface area contributed by atoms with E-state index in [1.807, 2.05) is 32.9 Å². The molecule has 0 aliphatic rings. The Balaban J connectivity index is 0. The minimum Gasteiger partial charge on any atom is -0.469 e. The number of ether oxygens (including phenoxy) is 1. The Bertz CT molecular complexity index is 245. The van der Waals surface area contributed by atoms with E-state index < -0.39 is 0 Å². The first-order valence-corrected chi connectivity index (χ1v) is 6.28. The van der Waals surface area contributed by atoms with Crippen LogP contribution in [-0.2, 0) is 9.53 Å². The van der Waals surface area contributed by atoms with E-state index in [1.165, 1.54) is 12.7 Å². The van der Waals surface area contributed by atoms with E-state index >= 15 is 0 Å². The van der Waals surface area contributed by atoms with Crippen molar-refractivity contribution >= 4 is 5.97 Å². The van der Waals surface area contributed by atoms with Gasteiger partial charge in [0.05, 0.1) is 13.5 Å². The fraction of sp³-hybridized carbons (Fsp3) is 0.643. The second kappa shape index (κ2) is 13.0. The lowest BCUT2D eigenvalue weighted by Gasteiger charge is -2.10. The molecule has 0 aromatic heterocycles. The zero-order chi connectivity index (χ0) is 13.7. The van der Waals surface area contributed by atoms with Crippen LogP contribution >= 0.6 is 0 Å². The maximum atomic E-state index is 11.0. The first kappa shape index (κ1) is 18.3. The number of carbonyl (C=O) groups is 1. The predicted octanol–water partition coefficient (Wildman–Crippen LogP) is 3.21. The van der Waals surface area contributed by atoms with Crippen LogP contribution in [0.25, 0.3) is 0 Å². The minimum absolute atomic E-state index is 0.161. The Kier molecular flexibility index (Phi) is 14.0. The lowest BCUT2D eigenvalue weighted by molar-refractivity contribution is -0.140. The third kappa shape index (κ3) is 11.2. The number of hydrogen-bond acceptors (Lipinski definition) is 3. The van der Waals surface area contributed by atoms with Crippen LogP contribution in [0.3, 0.4) is 0 Å². The molecule has 2 N–H and O–H groups in total. The molecule has 0 saturated carbocycles. The monoisotopic (exact) mass is 241 g/mol. The SMILES string of the molecule is C/C=C\C(=C/CC)CC(N)CC(=O)OC.CC. The van der Waals surface area contributed by atoms with Crippen LogP contribution < -0.4 is 5.73 Å². The number of nitrogens with two attached hydrogens (primary N) is 1. The van der Waals surface area contributed by atoms with Crippen LogP contribution in [0.4, 0.5) is 0 Å². The lowest BCUT2D eigenvalue weighted by atomic mass is 10.0. The normalized spacial score (nSPS) is 12.9. The standard InChI is InChI=1S/C12H21NO2.C2H6/c1-4-6-10(7-5-2)8-11(13)9-12(14)15-3;1-2/h4,6-7,11H,5,8-9,13H2,1-3H3;1-2H3/b6-4-,10-7+;. The van der Waals surface area contributed by atoms with E-state index in [4.69, 9.17) is 5.73 Å². The molecule has 3 heteroatoms. The summed E-state index contributed by atoms with van der Waals surface area (Å²) in [7, 11) is 1.38. The van der Waals surface area contributed by atoms with E-state index in [0.717, 1.165) is 6.42 Å². The quantitative estimate of drug-likeness (QED) is 0.574. The van der Waals surface area contributed by atoms with E-state index in [1.54, 1.807) is 0 Å². The van der Waals surface area contributed by atoms with Gasteiger partial charge in [0.15, 0.2) is 0 Å². The Morgan fingerprint density at radius 2 is 1.94 bits per heavy atom. The highest BCUT2D eigenvalue weighted by Crippen LogP contribution is 2.10. The molecule has 1 unspecified atom stereocenters. The van der Waals surface area contributed by atoms with Gasteiger partial charge in [-0.2, -0.15) is 0 Å². The molecule has 0 aliphatic heterocycles. The molecule has 0 aromatic rings. The summed E-state index contributed by atoms with van der Waals surface area (Å²) in [6.07, 6.45) is 8.09. The molecule has 0 spiro atoms. The van der Waals surface area contributed by atoms with Crippen molar-refractivity contribution in [3.63, 3.8) is 0 Å². The van der Waals surface area contributed by atoms with Gasteiger partial charge in [0.2, 0.25) is 0 Å². The van der Waals surface area contributed by atoms with E-state index in [9.17, 15) is 4.79 Å². The van der Waals surface area contributed by atoms with Gasteiger partial charge >= 0.3 is 5.97 Å². The summed E-state index contributed by atoms with van der Waals surface area (Å²) in [5.74, 6) is -0.251. The van der Waals surface area contributed by atoms with E-state index in [0.29, 0.717) is 6.42 Å². The molecule has 0 heterocycles. The molecule has 100 valence electrons. The first-order valence-electron chi connectivity index (χ1n) is 6.28. The predicted molar refractivity (Wildman–Crippen MR) is 73.8 cm³/mol.